The van der Waals surface area contributed by atoms with Crippen molar-refractivity contribution >= 4 is 21.9 Å². The maximum absolute atomic E-state index is 13.5. The molecule has 9 nitrogen and oxygen atoms in total. The van der Waals surface area contributed by atoms with Crippen LogP contribution in [-0.2, 0) is 32.6 Å². The van der Waals surface area contributed by atoms with Gasteiger partial charge in [0.05, 0.1) is 35.4 Å². The summed E-state index contributed by atoms with van der Waals surface area (Å²) in [5.74, 6) is -0.828. The zero-order chi connectivity index (χ0) is 26.5. The van der Waals surface area contributed by atoms with E-state index in [-0.39, 0.29) is 24.6 Å². The second-order valence-electron chi connectivity index (χ2n) is 8.68. The second-order valence-corrected chi connectivity index (χ2v) is 10.6. The molecular formula is C27H26N4O5S. The van der Waals surface area contributed by atoms with Gasteiger partial charge in [-0.1, -0.05) is 18.2 Å². The Kier molecular flexibility index (Phi) is 7.66. The molecule has 1 fully saturated rings. The lowest BCUT2D eigenvalue weighted by Gasteiger charge is -2.22. The molecule has 1 aliphatic rings. The number of esters is 1. The number of carbonyl (C=O) groups excluding carboxylic acids is 2. The molecule has 0 atom stereocenters. The number of nitrogens with one attached hydrogen (secondary N) is 1. The molecule has 3 aromatic rings. The van der Waals surface area contributed by atoms with E-state index in [4.69, 9.17) is 10.00 Å². The van der Waals surface area contributed by atoms with Crippen LogP contribution < -0.4 is 5.32 Å². The van der Waals surface area contributed by atoms with E-state index in [0.29, 0.717) is 35.2 Å². The van der Waals surface area contributed by atoms with Gasteiger partial charge in [-0.2, -0.15) is 9.57 Å². The second kappa shape index (κ2) is 10.9. The van der Waals surface area contributed by atoms with E-state index in [0.717, 1.165) is 0 Å². The summed E-state index contributed by atoms with van der Waals surface area (Å²) >= 11 is 0. The zero-order valence-corrected chi connectivity index (χ0v) is 21.1. The van der Waals surface area contributed by atoms with Crippen LogP contribution in [0.5, 0.6) is 0 Å². The van der Waals surface area contributed by atoms with Crippen molar-refractivity contribution in [1.29, 1.82) is 5.26 Å². The Morgan fingerprint density at radius 2 is 1.76 bits per heavy atom. The number of hydrogen-bond acceptors (Lipinski definition) is 7. The van der Waals surface area contributed by atoms with Crippen LogP contribution in [-0.4, -0.2) is 41.7 Å². The molecule has 1 saturated carbocycles. The summed E-state index contributed by atoms with van der Waals surface area (Å²) in [4.78, 5) is 29.2. The molecule has 1 aliphatic carbocycles. The van der Waals surface area contributed by atoms with Gasteiger partial charge in [0.1, 0.15) is 5.54 Å². The number of nitriles is 1. The third-order valence-electron chi connectivity index (χ3n) is 6.03. The van der Waals surface area contributed by atoms with Crippen molar-refractivity contribution < 1.29 is 22.7 Å². The van der Waals surface area contributed by atoms with Gasteiger partial charge >= 0.3 is 5.97 Å². The maximum atomic E-state index is 13.5. The fraction of sp³-hybridized carbons (Fsp3) is 0.259. The van der Waals surface area contributed by atoms with Gasteiger partial charge in [0.2, 0.25) is 10.0 Å². The summed E-state index contributed by atoms with van der Waals surface area (Å²) in [6.45, 7) is 2.03. The summed E-state index contributed by atoms with van der Waals surface area (Å²) in [6.07, 6.45) is 2.66. The largest absolute Gasteiger partial charge is 0.464 e. The zero-order valence-electron chi connectivity index (χ0n) is 20.3. The average Bonchev–Trinajstić information content (AvgIpc) is 3.70. The fourth-order valence-electron chi connectivity index (χ4n) is 3.78. The predicted octanol–water partition coefficient (Wildman–Crippen LogP) is 3.17. The van der Waals surface area contributed by atoms with Gasteiger partial charge in [0, 0.05) is 18.3 Å². The normalized spacial score (nSPS) is 14.0. The number of ether oxygens (including phenoxy) is 1. The number of benzene rings is 2. The lowest BCUT2D eigenvalue weighted by atomic mass is 10.1. The Hall–Kier alpha value is -4.07. The van der Waals surface area contributed by atoms with Crippen LogP contribution in [0.4, 0.5) is 0 Å². The highest BCUT2D eigenvalue weighted by atomic mass is 32.2. The summed E-state index contributed by atoms with van der Waals surface area (Å²) in [5.41, 5.74) is 0.992. The van der Waals surface area contributed by atoms with Crippen molar-refractivity contribution in [3.63, 3.8) is 0 Å². The topological polar surface area (TPSA) is 129 Å². The molecule has 0 spiro atoms. The van der Waals surface area contributed by atoms with Crippen LogP contribution in [0.25, 0.3) is 0 Å². The molecule has 2 aromatic carbocycles. The average molecular weight is 519 g/mol. The van der Waals surface area contributed by atoms with E-state index in [1.807, 2.05) is 6.07 Å². The molecule has 1 N–H and O–H groups in total. The minimum absolute atomic E-state index is 0.0352. The van der Waals surface area contributed by atoms with Gasteiger partial charge in [0.25, 0.3) is 5.91 Å². The molecule has 0 aliphatic heterocycles. The van der Waals surface area contributed by atoms with E-state index < -0.39 is 27.4 Å². The Morgan fingerprint density at radius 1 is 1.05 bits per heavy atom. The van der Waals surface area contributed by atoms with Gasteiger partial charge in [-0.05, 0) is 73.9 Å². The van der Waals surface area contributed by atoms with E-state index in [2.05, 4.69) is 10.3 Å². The molecule has 1 aromatic heterocycles. The monoisotopic (exact) mass is 518 g/mol. The lowest BCUT2D eigenvalue weighted by Crippen LogP contribution is -2.44. The number of sulfonamides is 1. The molecule has 37 heavy (non-hydrogen) atoms. The molecule has 4 rings (SSSR count). The van der Waals surface area contributed by atoms with E-state index >= 15 is 0 Å². The first kappa shape index (κ1) is 26.0. The van der Waals surface area contributed by atoms with Crippen molar-refractivity contribution in [2.45, 2.75) is 43.3 Å². The number of aromatic nitrogens is 1. The number of nitrogens with zero attached hydrogens (tertiary/aromatic N) is 3. The standard InChI is InChI=1S/C27H26N4O5S/c1-2-36-26(33)27(14-15-27)30-25(32)22-10-6-21(7-11-22)18-31(19-23-5-3-4-16-29-23)37(34,35)24-12-8-20(17-28)9-13-24/h3-13,16H,2,14-15,18-19H2,1H3,(H,30,32). The fourth-order valence-corrected chi connectivity index (χ4v) is 5.18. The van der Waals surface area contributed by atoms with Crippen molar-refractivity contribution in [2.24, 2.45) is 0 Å². The number of hydrogen-bond donors (Lipinski definition) is 1. The highest BCUT2D eigenvalue weighted by molar-refractivity contribution is 7.89. The molecule has 1 amide bonds. The minimum Gasteiger partial charge on any atom is -0.464 e. The van der Waals surface area contributed by atoms with Gasteiger partial charge in [-0.15, -0.1) is 0 Å². The van der Waals surface area contributed by atoms with Crippen LogP contribution >= 0.6 is 0 Å². The van der Waals surface area contributed by atoms with E-state index in [1.54, 1.807) is 55.6 Å². The molecule has 0 radical (unpaired) electrons. The SMILES string of the molecule is CCOC(=O)C1(NC(=O)c2ccc(CN(Cc3ccccn3)S(=O)(=O)c3ccc(C#N)cc3)cc2)CC1. The molecular weight excluding hydrogens is 492 g/mol. The van der Waals surface area contributed by atoms with Crippen molar-refractivity contribution in [2.75, 3.05) is 6.61 Å². The number of pyridine rings is 1. The van der Waals surface area contributed by atoms with E-state index in [9.17, 15) is 18.0 Å². The van der Waals surface area contributed by atoms with Crippen LogP contribution in [0.3, 0.4) is 0 Å². The van der Waals surface area contributed by atoms with Gasteiger partial charge in [-0.25, -0.2) is 13.2 Å². The Bertz CT molecular complexity index is 1410. The molecule has 0 unspecified atom stereocenters. The predicted molar refractivity (Wildman–Crippen MR) is 134 cm³/mol. The smallest absolute Gasteiger partial charge is 0.331 e. The van der Waals surface area contributed by atoms with Crippen molar-refractivity contribution in [1.82, 2.24) is 14.6 Å². The molecule has 0 bridgehead atoms. The number of carbonyl (C=O) groups is 2. The van der Waals surface area contributed by atoms with Gasteiger partial charge in [0.15, 0.2) is 0 Å². The Labute approximate surface area is 215 Å². The highest BCUT2D eigenvalue weighted by Gasteiger charge is 2.52. The first-order chi connectivity index (χ1) is 17.8. The van der Waals surface area contributed by atoms with Crippen LogP contribution in [0.2, 0.25) is 0 Å². The van der Waals surface area contributed by atoms with Gasteiger partial charge in [-0.3, -0.25) is 9.78 Å². The summed E-state index contributed by atoms with van der Waals surface area (Å²) in [6, 6.07) is 19.5. The Morgan fingerprint density at radius 3 is 2.32 bits per heavy atom. The Balaban J connectivity index is 1.53. The molecule has 10 heteroatoms. The first-order valence-corrected chi connectivity index (χ1v) is 13.2. The number of amides is 1. The van der Waals surface area contributed by atoms with Crippen LogP contribution in [0, 0.1) is 11.3 Å². The molecule has 1 heterocycles. The third-order valence-corrected chi connectivity index (χ3v) is 7.84. The van der Waals surface area contributed by atoms with Crippen molar-refractivity contribution in [3.05, 3.63) is 95.3 Å². The van der Waals surface area contributed by atoms with Gasteiger partial charge < -0.3 is 10.1 Å². The summed E-state index contributed by atoms with van der Waals surface area (Å²) < 4.78 is 33.4. The highest BCUT2D eigenvalue weighted by Crippen LogP contribution is 2.37. The number of rotatable bonds is 10. The third kappa shape index (κ3) is 6.02. The van der Waals surface area contributed by atoms with Crippen LogP contribution in [0.15, 0.2) is 77.8 Å². The maximum Gasteiger partial charge on any atom is 0.331 e. The summed E-state index contributed by atoms with van der Waals surface area (Å²) in [7, 11) is -3.93. The minimum atomic E-state index is -3.93. The molecule has 190 valence electrons. The van der Waals surface area contributed by atoms with Crippen molar-refractivity contribution in [3.8, 4) is 6.07 Å². The van der Waals surface area contributed by atoms with Crippen LogP contribution in [0.1, 0.15) is 46.9 Å². The van der Waals surface area contributed by atoms with E-state index in [1.165, 1.54) is 28.6 Å². The first-order valence-electron chi connectivity index (χ1n) is 11.8. The summed E-state index contributed by atoms with van der Waals surface area (Å²) in [5, 5.41) is 11.8. The molecule has 0 saturated heterocycles. The lowest BCUT2D eigenvalue weighted by molar-refractivity contribution is -0.146. The quantitative estimate of drug-likeness (QED) is 0.408.